The van der Waals surface area contributed by atoms with Crippen LogP contribution in [0.25, 0.3) is 0 Å². The predicted octanol–water partition coefficient (Wildman–Crippen LogP) is 3.77. The third-order valence-electron chi connectivity index (χ3n) is 3.78. The molecule has 5 nitrogen and oxygen atoms in total. The fourth-order valence-electron chi connectivity index (χ4n) is 2.26. The molecule has 0 aliphatic heterocycles. The molecule has 0 aromatic carbocycles. The Bertz CT molecular complexity index is 273. The van der Waals surface area contributed by atoms with Crippen LogP contribution in [-0.2, 0) is 4.79 Å². The quantitative estimate of drug-likeness (QED) is 0.336. The van der Waals surface area contributed by atoms with Crippen LogP contribution in [0.15, 0.2) is 5.18 Å². The van der Waals surface area contributed by atoms with Crippen LogP contribution in [0.2, 0.25) is 0 Å². The number of unbranched alkanes of at least 4 members (excludes halogenated alkanes) is 6. The standard InChI is InChI=1S/C17H35N3O2/c1-3-4-5-6-7-8-9-11-17(21)19-14-10-13-18-15-12-16(2)20-22/h16,18H,3-15H2,1-2H3,(H,19,21)/t16-/m1/s1. The molecule has 1 atom stereocenters. The van der Waals surface area contributed by atoms with Gasteiger partial charge in [-0.2, -0.15) is 4.91 Å². The molecule has 0 aliphatic carbocycles. The molecule has 0 heterocycles. The van der Waals surface area contributed by atoms with E-state index in [0.717, 1.165) is 38.9 Å². The van der Waals surface area contributed by atoms with E-state index in [9.17, 15) is 9.70 Å². The molecule has 1 amide bonds. The second-order valence-electron chi connectivity index (χ2n) is 6.07. The molecule has 5 heteroatoms. The van der Waals surface area contributed by atoms with E-state index in [1.807, 2.05) is 6.92 Å². The summed E-state index contributed by atoms with van der Waals surface area (Å²) >= 11 is 0. The van der Waals surface area contributed by atoms with Gasteiger partial charge in [0.2, 0.25) is 5.91 Å². The Balaban J connectivity index is 3.21. The molecule has 130 valence electrons. The van der Waals surface area contributed by atoms with Crippen LogP contribution in [0.5, 0.6) is 0 Å². The molecule has 2 N–H and O–H groups in total. The largest absolute Gasteiger partial charge is 0.356 e. The first-order valence-corrected chi connectivity index (χ1v) is 9.00. The van der Waals surface area contributed by atoms with Gasteiger partial charge in [0.15, 0.2) is 0 Å². The summed E-state index contributed by atoms with van der Waals surface area (Å²) in [7, 11) is 0. The van der Waals surface area contributed by atoms with Gasteiger partial charge in [0.25, 0.3) is 0 Å². The first-order valence-electron chi connectivity index (χ1n) is 9.00. The molecule has 0 aromatic rings. The number of amides is 1. The number of carbonyl (C=O) groups excluding carboxylic acids is 1. The summed E-state index contributed by atoms with van der Waals surface area (Å²) in [6.45, 7) is 6.44. The van der Waals surface area contributed by atoms with Crippen molar-refractivity contribution < 1.29 is 4.79 Å². The summed E-state index contributed by atoms with van der Waals surface area (Å²) in [6, 6.07) is -0.117. The number of nitroso groups, excluding NO2 is 1. The minimum absolute atomic E-state index is 0.117. The van der Waals surface area contributed by atoms with Crippen molar-refractivity contribution in [2.24, 2.45) is 5.18 Å². The molecule has 0 spiro atoms. The minimum Gasteiger partial charge on any atom is -0.356 e. The molecule has 0 saturated heterocycles. The highest BCUT2D eigenvalue weighted by Crippen LogP contribution is 2.08. The summed E-state index contributed by atoms with van der Waals surface area (Å²) in [5.74, 6) is 0.173. The second kappa shape index (κ2) is 16.4. The van der Waals surface area contributed by atoms with Crippen LogP contribution in [0.4, 0.5) is 0 Å². The zero-order chi connectivity index (χ0) is 16.5. The Hall–Kier alpha value is -0.970. The smallest absolute Gasteiger partial charge is 0.219 e. The van der Waals surface area contributed by atoms with Crippen LogP contribution in [0.3, 0.4) is 0 Å². The summed E-state index contributed by atoms with van der Waals surface area (Å²) in [6.07, 6.45) is 11.0. The zero-order valence-corrected chi connectivity index (χ0v) is 14.5. The lowest BCUT2D eigenvalue weighted by atomic mass is 10.1. The summed E-state index contributed by atoms with van der Waals surface area (Å²) < 4.78 is 0. The zero-order valence-electron chi connectivity index (χ0n) is 14.5. The van der Waals surface area contributed by atoms with Gasteiger partial charge in [0, 0.05) is 13.0 Å². The van der Waals surface area contributed by atoms with E-state index in [2.05, 4.69) is 22.7 Å². The molecule has 0 saturated carbocycles. The molecule has 0 bridgehead atoms. The highest BCUT2D eigenvalue weighted by Gasteiger charge is 2.01. The van der Waals surface area contributed by atoms with Crippen molar-refractivity contribution in [1.29, 1.82) is 0 Å². The lowest BCUT2D eigenvalue weighted by Crippen LogP contribution is -2.27. The molecule has 0 fully saturated rings. The number of hydrogen-bond donors (Lipinski definition) is 2. The first-order chi connectivity index (χ1) is 10.7. The number of nitrogens with zero attached hydrogens (tertiary/aromatic N) is 1. The first kappa shape index (κ1) is 21.0. The van der Waals surface area contributed by atoms with E-state index in [1.165, 1.54) is 38.5 Å². The van der Waals surface area contributed by atoms with Crippen molar-refractivity contribution in [3.63, 3.8) is 0 Å². The van der Waals surface area contributed by atoms with Gasteiger partial charge in [-0.25, -0.2) is 0 Å². The lowest BCUT2D eigenvalue weighted by Gasteiger charge is -2.07. The van der Waals surface area contributed by atoms with Gasteiger partial charge in [-0.15, -0.1) is 0 Å². The highest BCUT2D eigenvalue weighted by atomic mass is 16.3. The fraction of sp³-hybridized carbons (Fsp3) is 0.941. The predicted molar refractivity (Wildman–Crippen MR) is 93.0 cm³/mol. The van der Waals surface area contributed by atoms with Gasteiger partial charge < -0.3 is 10.6 Å². The fourth-order valence-corrected chi connectivity index (χ4v) is 2.26. The van der Waals surface area contributed by atoms with Gasteiger partial charge in [0.05, 0.1) is 6.04 Å². The monoisotopic (exact) mass is 313 g/mol. The van der Waals surface area contributed by atoms with E-state index < -0.39 is 0 Å². The van der Waals surface area contributed by atoms with Crippen molar-refractivity contribution in [1.82, 2.24) is 10.6 Å². The molecular formula is C17H35N3O2. The van der Waals surface area contributed by atoms with E-state index in [0.29, 0.717) is 6.42 Å². The van der Waals surface area contributed by atoms with Crippen LogP contribution in [0, 0.1) is 4.91 Å². The van der Waals surface area contributed by atoms with Crippen molar-refractivity contribution >= 4 is 5.91 Å². The summed E-state index contributed by atoms with van der Waals surface area (Å²) in [5.41, 5.74) is 0. The number of hydrogen-bond acceptors (Lipinski definition) is 4. The summed E-state index contributed by atoms with van der Waals surface area (Å²) in [5, 5.41) is 9.16. The van der Waals surface area contributed by atoms with Crippen LogP contribution in [0.1, 0.15) is 78.1 Å². The van der Waals surface area contributed by atoms with Crippen molar-refractivity contribution in [2.45, 2.75) is 84.1 Å². The van der Waals surface area contributed by atoms with E-state index in [4.69, 9.17) is 0 Å². The van der Waals surface area contributed by atoms with Crippen molar-refractivity contribution in [3.8, 4) is 0 Å². The maximum Gasteiger partial charge on any atom is 0.219 e. The number of rotatable bonds is 16. The molecule has 0 unspecified atom stereocenters. The Morgan fingerprint density at radius 1 is 0.955 bits per heavy atom. The van der Waals surface area contributed by atoms with Gasteiger partial charge in [-0.1, -0.05) is 50.6 Å². The molecule has 22 heavy (non-hydrogen) atoms. The minimum atomic E-state index is -0.117. The third-order valence-corrected chi connectivity index (χ3v) is 3.78. The third kappa shape index (κ3) is 15.4. The van der Waals surface area contributed by atoms with E-state index in [-0.39, 0.29) is 11.9 Å². The molecule has 0 rings (SSSR count). The number of carbonyl (C=O) groups is 1. The Labute approximate surface area is 136 Å². The molecular weight excluding hydrogens is 278 g/mol. The van der Waals surface area contributed by atoms with Gasteiger partial charge >= 0.3 is 0 Å². The van der Waals surface area contributed by atoms with Crippen molar-refractivity contribution in [3.05, 3.63) is 4.91 Å². The molecule has 0 radical (unpaired) electrons. The maximum absolute atomic E-state index is 11.6. The highest BCUT2D eigenvalue weighted by molar-refractivity contribution is 5.75. The van der Waals surface area contributed by atoms with Gasteiger partial charge in [-0.05, 0) is 39.3 Å². The van der Waals surface area contributed by atoms with Crippen molar-refractivity contribution in [2.75, 3.05) is 19.6 Å². The topological polar surface area (TPSA) is 70.6 Å². The second-order valence-corrected chi connectivity index (χ2v) is 6.07. The van der Waals surface area contributed by atoms with Crippen LogP contribution in [-0.4, -0.2) is 31.6 Å². The van der Waals surface area contributed by atoms with Gasteiger partial charge in [0.1, 0.15) is 0 Å². The van der Waals surface area contributed by atoms with E-state index in [1.54, 1.807) is 0 Å². The average Bonchev–Trinajstić information content (AvgIpc) is 2.52. The van der Waals surface area contributed by atoms with Crippen LogP contribution < -0.4 is 10.6 Å². The normalized spacial score (nSPS) is 12.1. The Morgan fingerprint density at radius 2 is 1.64 bits per heavy atom. The Morgan fingerprint density at radius 3 is 2.32 bits per heavy atom. The number of nitrogens with one attached hydrogen (secondary N) is 2. The molecule has 0 aliphatic rings. The SMILES string of the molecule is CCCCCCCCCC(=O)NCCCNCC[C@@H](C)N=O. The average molecular weight is 313 g/mol. The van der Waals surface area contributed by atoms with Gasteiger partial charge in [-0.3, -0.25) is 4.79 Å². The van der Waals surface area contributed by atoms with E-state index >= 15 is 0 Å². The lowest BCUT2D eigenvalue weighted by molar-refractivity contribution is -0.121. The van der Waals surface area contributed by atoms with Crippen LogP contribution >= 0.6 is 0 Å². The summed E-state index contributed by atoms with van der Waals surface area (Å²) in [4.78, 5) is 21.8. The Kier molecular flexibility index (Phi) is 15.7. The molecule has 0 aromatic heterocycles. The maximum atomic E-state index is 11.6.